The highest BCUT2D eigenvalue weighted by Crippen LogP contribution is 2.34. The van der Waals surface area contributed by atoms with Gasteiger partial charge in [0.15, 0.2) is 0 Å². The second kappa shape index (κ2) is 10.4. The van der Waals surface area contributed by atoms with E-state index in [0.717, 1.165) is 21.0 Å². The van der Waals surface area contributed by atoms with Crippen LogP contribution < -0.4 is 14.4 Å². The second-order valence-electron chi connectivity index (χ2n) is 7.96. The first-order valence-electron chi connectivity index (χ1n) is 11.1. The van der Waals surface area contributed by atoms with Gasteiger partial charge in [0.25, 0.3) is 10.0 Å². The molecular weight excluding hydrogens is 460 g/mol. The molecule has 0 aliphatic heterocycles. The maximum atomic E-state index is 13.7. The molecule has 0 atom stereocenters. The van der Waals surface area contributed by atoms with Crippen LogP contribution in [0.3, 0.4) is 0 Å². The number of rotatable bonds is 8. The van der Waals surface area contributed by atoms with Crippen molar-refractivity contribution >= 4 is 27.3 Å². The van der Waals surface area contributed by atoms with Crippen LogP contribution in [0.1, 0.15) is 5.56 Å². The number of nitrogens with one attached hydrogen (secondary N) is 1. The molecule has 4 aromatic carbocycles. The lowest BCUT2D eigenvalue weighted by Gasteiger charge is -2.26. The van der Waals surface area contributed by atoms with Crippen molar-refractivity contribution in [1.29, 1.82) is 0 Å². The van der Waals surface area contributed by atoms with Crippen LogP contribution in [0, 0.1) is 6.92 Å². The average Bonchev–Trinajstić information content (AvgIpc) is 2.88. The van der Waals surface area contributed by atoms with E-state index >= 15 is 0 Å². The van der Waals surface area contributed by atoms with E-state index in [0.29, 0.717) is 17.1 Å². The monoisotopic (exact) mass is 486 g/mol. The molecule has 7 heteroatoms. The molecule has 35 heavy (non-hydrogen) atoms. The zero-order valence-electron chi connectivity index (χ0n) is 19.5. The number of aryl methyl sites for hydroxylation is 1. The van der Waals surface area contributed by atoms with Gasteiger partial charge in [-0.25, -0.2) is 8.42 Å². The molecule has 0 radical (unpaired) electrons. The van der Waals surface area contributed by atoms with E-state index < -0.39 is 22.5 Å². The number of nitrogens with zero attached hydrogens (tertiary/aromatic N) is 1. The van der Waals surface area contributed by atoms with Crippen molar-refractivity contribution in [1.82, 2.24) is 0 Å². The lowest BCUT2D eigenvalue weighted by molar-refractivity contribution is -0.114. The molecule has 0 saturated carbocycles. The Morgan fingerprint density at radius 1 is 0.857 bits per heavy atom. The number of amides is 1. The third-order valence-corrected chi connectivity index (χ3v) is 7.28. The average molecular weight is 487 g/mol. The Labute approximate surface area is 205 Å². The Hall–Kier alpha value is -4.10. The van der Waals surface area contributed by atoms with Crippen LogP contribution in [-0.2, 0) is 14.8 Å². The zero-order chi connectivity index (χ0) is 24.8. The molecule has 0 aliphatic carbocycles. The summed E-state index contributed by atoms with van der Waals surface area (Å²) in [5.41, 5.74) is 3.51. The van der Waals surface area contributed by atoms with Crippen molar-refractivity contribution in [2.45, 2.75) is 11.8 Å². The zero-order valence-corrected chi connectivity index (χ0v) is 20.3. The summed E-state index contributed by atoms with van der Waals surface area (Å²) >= 11 is 0. The number of carbonyl (C=O) groups is 1. The van der Waals surface area contributed by atoms with Crippen LogP contribution >= 0.6 is 0 Å². The number of carbonyl (C=O) groups excluding carboxylic acids is 1. The number of para-hydroxylation sites is 1. The van der Waals surface area contributed by atoms with Crippen molar-refractivity contribution in [3.05, 3.63) is 109 Å². The third kappa shape index (κ3) is 5.36. The number of methoxy groups -OCH3 is 1. The van der Waals surface area contributed by atoms with Gasteiger partial charge in [-0.15, -0.1) is 0 Å². The highest BCUT2D eigenvalue weighted by Gasteiger charge is 2.29. The largest absolute Gasteiger partial charge is 0.495 e. The summed E-state index contributed by atoms with van der Waals surface area (Å²) in [6.45, 7) is 1.42. The van der Waals surface area contributed by atoms with Crippen LogP contribution in [0.15, 0.2) is 108 Å². The minimum Gasteiger partial charge on any atom is -0.495 e. The summed E-state index contributed by atoms with van der Waals surface area (Å²) in [6.07, 6.45) is 0. The van der Waals surface area contributed by atoms with Crippen molar-refractivity contribution in [2.24, 2.45) is 0 Å². The first kappa shape index (κ1) is 24.0. The molecule has 178 valence electrons. The molecule has 6 nitrogen and oxygen atoms in total. The Bertz CT molecular complexity index is 1420. The number of hydrogen-bond acceptors (Lipinski definition) is 4. The normalized spacial score (nSPS) is 11.0. The smallest absolute Gasteiger partial charge is 0.264 e. The Morgan fingerprint density at radius 2 is 1.49 bits per heavy atom. The number of ether oxygens (including phenoxy) is 1. The summed E-state index contributed by atoms with van der Waals surface area (Å²) in [4.78, 5) is 13.4. The highest BCUT2D eigenvalue weighted by atomic mass is 32.2. The molecule has 0 heterocycles. The number of benzene rings is 4. The van der Waals surface area contributed by atoms with Crippen LogP contribution in [0.25, 0.3) is 11.1 Å². The van der Waals surface area contributed by atoms with E-state index in [-0.39, 0.29) is 4.90 Å². The molecule has 0 aliphatic rings. The molecule has 4 aromatic rings. The maximum Gasteiger partial charge on any atom is 0.264 e. The summed E-state index contributed by atoms with van der Waals surface area (Å²) in [5.74, 6) is -0.121. The number of anilines is 2. The molecule has 0 fully saturated rings. The van der Waals surface area contributed by atoms with E-state index in [1.165, 1.54) is 19.2 Å². The van der Waals surface area contributed by atoms with Gasteiger partial charge in [0, 0.05) is 11.3 Å². The van der Waals surface area contributed by atoms with Crippen molar-refractivity contribution in [3.63, 3.8) is 0 Å². The van der Waals surface area contributed by atoms with Crippen LogP contribution in [-0.4, -0.2) is 28.0 Å². The van der Waals surface area contributed by atoms with E-state index in [9.17, 15) is 13.2 Å². The Balaban J connectivity index is 1.72. The number of hydrogen-bond donors (Lipinski definition) is 1. The van der Waals surface area contributed by atoms with E-state index in [1.54, 1.807) is 36.4 Å². The van der Waals surface area contributed by atoms with Crippen LogP contribution in [0.5, 0.6) is 5.75 Å². The summed E-state index contributed by atoms with van der Waals surface area (Å²) in [7, 11) is -2.59. The molecular formula is C28H26N2O4S. The Kier molecular flexibility index (Phi) is 7.17. The van der Waals surface area contributed by atoms with Gasteiger partial charge in [0.2, 0.25) is 5.91 Å². The predicted molar refractivity (Wildman–Crippen MR) is 139 cm³/mol. The quantitative estimate of drug-likeness (QED) is 0.357. The molecule has 1 N–H and O–H groups in total. The first-order valence-corrected chi connectivity index (χ1v) is 12.5. The first-order chi connectivity index (χ1) is 16.9. The van der Waals surface area contributed by atoms with Gasteiger partial charge in [0.05, 0.1) is 17.7 Å². The number of sulfonamides is 1. The fourth-order valence-corrected chi connectivity index (χ4v) is 5.24. The lowest BCUT2D eigenvalue weighted by atomic mass is 10.0. The van der Waals surface area contributed by atoms with Gasteiger partial charge >= 0.3 is 0 Å². The third-order valence-electron chi connectivity index (χ3n) is 5.51. The second-order valence-corrected chi connectivity index (χ2v) is 9.82. The predicted octanol–water partition coefficient (Wildman–Crippen LogP) is 5.50. The van der Waals surface area contributed by atoms with Gasteiger partial charge in [-0.1, -0.05) is 72.8 Å². The molecule has 0 unspecified atom stereocenters. The minimum atomic E-state index is -4.06. The van der Waals surface area contributed by atoms with E-state index in [4.69, 9.17) is 4.74 Å². The molecule has 0 spiro atoms. The van der Waals surface area contributed by atoms with Crippen molar-refractivity contribution < 1.29 is 17.9 Å². The molecule has 0 saturated heterocycles. The van der Waals surface area contributed by atoms with Crippen LogP contribution in [0.4, 0.5) is 11.4 Å². The van der Waals surface area contributed by atoms with Gasteiger partial charge in [-0.2, -0.15) is 0 Å². The topological polar surface area (TPSA) is 75.7 Å². The SMILES string of the molecule is COc1ccc(C)cc1N(CC(=O)Nc1ccccc1-c1ccccc1)S(=O)(=O)c1ccccc1. The molecule has 0 bridgehead atoms. The van der Waals surface area contributed by atoms with Gasteiger partial charge in [0.1, 0.15) is 12.3 Å². The van der Waals surface area contributed by atoms with Gasteiger partial charge in [-0.05, 0) is 48.4 Å². The maximum absolute atomic E-state index is 13.7. The summed E-state index contributed by atoms with van der Waals surface area (Å²) < 4.78 is 33.9. The van der Waals surface area contributed by atoms with Crippen molar-refractivity contribution in [3.8, 4) is 16.9 Å². The summed E-state index contributed by atoms with van der Waals surface area (Å²) in [6, 6.07) is 30.4. The van der Waals surface area contributed by atoms with E-state index in [2.05, 4.69) is 5.32 Å². The van der Waals surface area contributed by atoms with Crippen LogP contribution in [0.2, 0.25) is 0 Å². The van der Waals surface area contributed by atoms with E-state index in [1.807, 2.05) is 61.5 Å². The fraction of sp³-hybridized carbons (Fsp3) is 0.107. The molecule has 0 aromatic heterocycles. The van der Waals surface area contributed by atoms with Gasteiger partial charge in [-0.3, -0.25) is 9.10 Å². The standard InChI is InChI=1S/C28H26N2O4S/c1-21-17-18-27(34-2)26(19-21)30(35(32,33)23-13-7-4-8-14-23)20-28(31)29-25-16-10-9-15-24(25)22-11-5-3-6-12-22/h3-19H,20H2,1-2H3,(H,29,31). The van der Waals surface area contributed by atoms with Gasteiger partial charge < -0.3 is 10.1 Å². The minimum absolute atomic E-state index is 0.0843. The fourth-order valence-electron chi connectivity index (χ4n) is 3.80. The lowest BCUT2D eigenvalue weighted by Crippen LogP contribution is -2.38. The van der Waals surface area contributed by atoms with Crippen molar-refractivity contribution in [2.75, 3.05) is 23.3 Å². The molecule has 4 rings (SSSR count). The highest BCUT2D eigenvalue weighted by molar-refractivity contribution is 7.92. The Morgan fingerprint density at radius 3 is 2.17 bits per heavy atom. The summed E-state index contributed by atoms with van der Waals surface area (Å²) in [5, 5.41) is 2.90. The molecule has 1 amide bonds.